The maximum absolute atomic E-state index is 4.09. The number of benzene rings is 2. The molecule has 0 atom stereocenters. The van der Waals surface area contributed by atoms with E-state index in [1.165, 1.54) is 29.9 Å². The standard InChI is InChI=1S/C20H17S2/c1-2-7-16(19-12-14-8-3-5-10-17(14)21-19)20-13-15-9-4-6-11-18(15)22-20/h3-6,8-13,16H,1-2,7H2. The van der Waals surface area contributed by atoms with Gasteiger partial charge in [0.15, 0.2) is 0 Å². The van der Waals surface area contributed by atoms with E-state index < -0.39 is 0 Å². The average molecular weight is 321 g/mol. The summed E-state index contributed by atoms with van der Waals surface area (Å²) in [5.74, 6) is 0.479. The van der Waals surface area contributed by atoms with E-state index in [0.29, 0.717) is 5.92 Å². The van der Waals surface area contributed by atoms with Gasteiger partial charge in [-0.05, 0) is 41.5 Å². The van der Waals surface area contributed by atoms with Crippen LogP contribution in [0, 0.1) is 6.92 Å². The van der Waals surface area contributed by atoms with Crippen molar-refractivity contribution in [1.82, 2.24) is 0 Å². The van der Waals surface area contributed by atoms with E-state index in [4.69, 9.17) is 0 Å². The van der Waals surface area contributed by atoms with Crippen LogP contribution in [0.5, 0.6) is 0 Å². The number of hydrogen-bond acceptors (Lipinski definition) is 2. The molecule has 0 bridgehead atoms. The molecule has 4 rings (SSSR count). The van der Waals surface area contributed by atoms with Gasteiger partial charge < -0.3 is 0 Å². The van der Waals surface area contributed by atoms with Gasteiger partial charge in [0, 0.05) is 25.1 Å². The molecule has 2 heterocycles. The van der Waals surface area contributed by atoms with E-state index >= 15 is 0 Å². The van der Waals surface area contributed by atoms with Crippen LogP contribution < -0.4 is 0 Å². The average Bonchev–Trinajstić information content (AvgIpc) is 3.15. The number of rotatable bonds is 4. The Labute approximate surface area is 139 Å². The molecule has 4 aromatic rings. The van der Waals surface area contributed by atoms with Gasteiger partial charge in [-0.3, -0.25) is 0 Å². The molecule has 0 aliphatic carbocycles. The number of thiophene rings is 2. The van der Waals surface area contributed by atoms with E-state index in [9.17, 15) is 0 Å². The molecule has 2 heteroatoms. The Morgan fingerprint density at radius 1 is 0.773 bits per heavy atom. The van der Waals surface area contributed by atoms with E-state index in [0.717, 1.165) is 12.8 Å². The van der Waals surface area contributed by atoms with Gasteiger partial charge in [0.2, 0.25) is 0 Å². The second-order valence-electron chi connectivity index (χ2n) is 5.57. The first-order chi connectivity index (χ1) is 10.8. The van der Waals surface area contributed by atoms with Crippen molar-refractivity contribution in [1.29, 1.82) is 0 Å². The Morgan fingerprint density at radius 2 is 1.27 bits per heavy atom. The zero-order valence-electron chi connectivity index (χ0n) is 12.3. The lowest BCUT2D eigenvalue weighted by molar-refractivity contribution is 0.751. The number of fused-ring (bicyclic) bond motifs is 2. The Morgan fingerprint density at radius 3 is 1.73 bits per heavy atom. The normalized spacial score (nSPS) is 11.7. The first-order valence-corrected chi connectivity index (χ1v) is 9.24. The molecular formula is C20H17S2. The van der Waals surface area contributed by atoms with Crippen molar-refractivity contribution >= 4 is 42.8 Å². The van der Waals surface area contributed by atoms with Crippen LogP contribution in [-0.2, 0) is 0 Å². The van der Waals surface area contributed by atoms with Crippen LogP contribution in [0.3, 0.4) is 0 Å². The fraction of sp³-hybridized carbons (Fsp3) is 0.150. The zero-order chi connectivity index (χ0) is 14.9. The highest BCUT2D eigenvalue weighted by molar-refractivity contribution is 7.20. The van der Waals surface area contributed by atoms with Gasteiger partial charge in [-0.1, -0.05) is 49.7 Å². The lowest BCUT2D eigenvalue weighted by atomic mass is 9.99. The summed E-state index contributed by atoms with van der Waals surface area (Å²) in [6.07, 6.45) is 2.08. The van der Waals surface area contributed by atoms with E-state index in [1.807, 2.05) is 22.7 Å². The summed E-state index contributed by atoms with van der Waals surface area (Å²) >= 11 is 3.86. The highest BCUT2D eigenvalue weighted by Crippen LogP contribution is 2.41. The van der Waals surface area contributed by atoms with Crippen molar-refractivity contribution in [3.63, 3.8) is 0 Å². The second kappa shape index (κ2) is 5.86. The maximum atomic E-state index is 4.09. The fourth-order valence-corrected chi connectivity index (χ4v) is 5.49. The summed E-state index contributed by atoms with van der Waals surface area (Å²) < 4.78 is 2.76. The first-order valence-electron chi connectivity index (χ1n) is 7.61. The predicted molar refractivity (Wildman–Crippen MR) is 100 cm³/mol. The lowest BCUT2D eigenvalue weighted by Crippen LogP contribution is -1.95. The molecule has 0 unspecified atom stereocenters. The van der Waals surface area contributed by atoms with Gasteiger partial charge >= 0.3 is 0 Å². The first kappa shape index (κ1) is 14.0. The van der Waals surface area contributed by atoms with Crippen molar-refractivity contribution in [3.8, 4) is 0 Å². The van der Waals surface area contributed by atoms with Crippen molar-refractivity contribution in [2.75, 3.05) is 0 Å². The van der Waals surface area contributed by atoms with Crippen LogP contribution in [0.4, 0.5) is 0 Å². The van der Waals surface area contributed by atoms with Crippen LogP contribution in [0.1, 0.15) is 28.5 Å². The zero-order valence-corrected chi connectivity index (χ0v) is 13.9. The molecule has 0 amide bonds. The van der Waals surface area contributed by atoms with Crippen LogP contribution in [0.25, 0.3) is 20.2 Å². The molecular weight excluding hydrogens is 304 g/mol. The quantitative estimate of drug-likeness (QED) is 0.385. The summed E-state index contributed by atoms with van der Waals surface area (Å²) in [5, 5.41) is 2.72. The fourth-order valence-electron chi connectivity index (χ4n) is 2.98. The molecule has 0 saturated carbocycles. The lowest BCUT2D eigenvalue weighted by Gasteiger charge is -2.12. The Hall–Kier alpha value is -1.64. The van der Waals surface area contributed by atoms with Crippen LogP contribution in [0.15, 0.2) is 60.7 Å². The van der Waals surface area contributed by atoms with Gasteiger partial charge in [-0.25, -0.2) is 0 Å². The van der Waals surface area contributed by atoms with Crippen LogP contribution in [0.2, 0.25) is 0 Å². The summed E-state index contributed by atoms with van der Waals surface area (Å²) in [5.41, 5.74) is 0. The molecule has 0 aliphatic rings. The molecule has 2 aromatic carbocycles. The van der Waals surface area contributed by atoms with E-state index in [1.54, 1.807) is 0 Å². The molecule has 22 heavy (non-hydrogen) atoms. The topological polar surface area (TPSA) is 0 Å². The van der Waals surface area contributed by atoms with Crippen molar-refractivity contribution < 1.29 is 0 Å². The Kier molecular flexibility index (Phi) is 3.73. The molecule has 0 nitrogen and oxygen atoms in total. The SMILES string of the molecule is [CH2]CCC(c1cc2ccccc2s1)c1cc2ccccc2s1. The smallest absolute Gasteiger partial charge is 0.0345 e. The molecule has 2 aromatic heterocycles. The van der Waals surface area contributed by atoms with Crippen molar-refractivity contribution in [3.05, 3.63) is 77.3 Å². The van der Waals surface area contributed by atoms with Gasteiger partial charge in [0.25, 0.3) is 0 Å². The van der Waals surface area contributed by atoms with E-state index in [2.05, 4.69) is 67.6 Å². The van der Waals surface area contributed by atoms with Crippen LogP contribution in [-0.4, -0.2) is 0 Å². The van der Waals surface area contributed by atoms with Gasteiger partial charge in [0.05, 0.1) is 0 Å². The molecule has 109 valence electrons. The predicted octanol–water partition coefficient (Wildman–Crippen LogP) is 6.86. The summed E-state index contributed by atoms with van der Waals surface area (Å²) in [6.45, 7) is 4.09. The molecule has 1 radical (unpaired) electrons. The highest BCUT2D eigenvalue weighted by atomic mass is 32.1. The summed E-state index contributed by atoms with van der Waals surface area (Å²) in [7, 11) is 0. The molecule has 0 fully saturated rings. The molecule has 0 N–H and O–H groups in total. The van der Waals surface area contributed by atoms with Crippen LogP contribution >= 0.6 is 22.7 Å². The molecule has 0 aliphatic heterocycles. The largest absolute Gasteiger partial charge is 0.140 e. The van der Waals surface area contributed by atoms with Crippen molar-refractivity contribution in [2.24, 2.45) is 0 Å². The van der Waals surface area contributed by atoms with Crippen molar-refractivity contribution in [2.45, 2.75) is 18.8 Å². The highest BCUT2D eigenvalue weighted by Gasteiger charge is 2.18. The minimum Gasteiger partial charge on any atom is -0.140 e. The van der Waals surface area contributed by atoms with Gasteiger partial charge in [-0.2, -0.15) is 0 Å². The third kappa shape index (κ3) is 2.47. The third-order valence-corrected chi connectivity index (χ3v) is 6.53. The second-order valence-corrected chi connectivity index (χ2v) is 7.80. The monoisotopic (exact) mass is 321 g/mol. The minimum absolute atomic E-state index is 0.479. The van der Waals surface area contributed by atoms with Gasteiger partial charge in [-0.15, -0.1) is 22.7 Å². The Bertz CT molecular complexity index is 773. The summed E-state index contributed by atoms with van der Waals surface area (Å²) in [6, 6.07) is 22.1. The minimum atomic E-state index is 0.479. The third-order valence-electron chi connectivity index (χ3n) is 4.07. The Balaban J connectivity index is 1.82. The molecule has 0 spiro atoms. The van der Waals surface area contributed by atoms with Gasteiger partial charge in [0.1, 0.15) is 0 Å². The maximum Gasteiger partial charge on any atom is 0.0345 e. The number of hydrogen-bond donors (Lipinski definition) is 0. The van der Waals surface area contributed by atoms with E-state index in [-0.39, 0.29) is 0 Å². The summed E-state index contributed by atoms with van der Waals surface area (Å²) in [4.78, 5) is 2.94. The molecule has 0 saturated heterocycles.